The Morgan fingerprint density at radius 2 is 2.17 bits per heavy atom. The van der Waals surface area contributed by atoms with E-state index >= 15 is 0 Å². The molecule has 3 rings (SSSR count). The highest BCUT2D eigenvalue weighted by atomic mass is 16.3. The third kappa shape index (κ3) is 2.02. The minimum Gasteiger partial charge on any atom is -0.472 e. The molecule has 2 aromatic rings. The van der Waals surface area contributed by atoms with Crippen molar-refractivity contribution in [3.63, 3.8) is 0 Å². The van der Waals surface area contributed by atoms with E-state index in [0.717, 1.165) is 26.1 Å². The Morgan fingerprint density at radius 3 is 2.94 bits per heavy atom. The molecule has 1 atom stereocenters. The maximum absolute atomic E-state index is 5.71. The zero-order chi connectivity index (χ0) is 12.4. The van der Waals surface area contributed by atoms with Gasteiger partial charge in [0.15, 0.2) is 0 Å². The van der Waals surface area contributed by atoms with Gasteiger partial charge in [-0.2, -0.15) is 0 Å². The zero-order valence-electron chi connectivity index (χ0n) is 10.4. The van der Waals surface area contributed by atoms with Gasteiger partial charge < -0.3 is 15.1 Å². The highest BCUT2D eigenvalue weighted by Gasteiger charge is 2.27. The maximum Gasteiger partial charge on any atom is 0.0952 e. The minimum absolute atomic E-state index is 0.568. The van der Waals surface area contributed by atoms with E-state index in [1.54, 1.807) is 6.26 Å². The van der Waals surface area contributed by atoms with Crippen molar-refractivity contribution in [2.75, 3.05) is 18.0 Å². The number of hydrogen-bond donors (Lipinski definition) is 1. The summed E-state index contributed by atoms with van der Waals surface area (Å²) in [5, 5.41) is 0. The van der Waals surface area contributed by atoms with Gasteiger partial charge in [-0.25, -0.2) is 0 Å². The molecule has 0 bridgehead atoms. The molecule has 1 unspecified atom stereocenters. The van der Waals surface area contributed by atoms with Crippen LogP contribution in [0.5, 0.6) is 0 Å². The Labute approximate surface area is 107 Å². The predicted molar refractivity (Wildman–Crippen MR) is 72.6 cm³/mol. The van der Waals surface area contributed by atoms with Gasteiger partial charge in [-0.15, -0.1) is 0 Å². The van der Waals surface area contributed by atoms with E-state index in [9.17, 15) is 0 Å². The first-order valence-electron chi connectivity index (χ1n) is 6.43. The van der Waals surface area contributed by atoms with Crippen LogP contribution in [0.3, 0.4) is 0 Å². The molecule has 18 heavy (non-hydrogen) atoms. The maximum atomic E-state index is 5.71. The van der Waals surface area contributed by atoms with Gasteiger partial charge in [-0.05, 0) is 30.7 Å². The van der Waals surface area contributed by atoms with Crippen LogP contribution in [0.25, 0.3) is 0 Å². The molecule has 0 fully saturated rings. The number of para-hydroxylation sites is 1. The molecule has 0 spiro atoms. The van der Waals surface area contributed by atoms with Gasteiger partial charge in [0.05, 0.1) is 12.5 Å². The number of hydrogen-bond acceptors (Lipinski definition) is 3. The molecule has 3 heteroatoms. The number of rotatable bonds is 4. The van der Waals surface area contributed by atoms with E-state index < -0.39 is 0 Å². The van der Waals surface area contributed by atoms with Crippen LogP contribution >= 0.6 is 0 Å². The standard InChI is InChI=1S/C15H18N2O/c16-7-5-13-10-17(9-12-6-8-18-11-12)15-4-2-1-3-14(13)15/h1-4,6,8,11,13H,5,7,9-10,16H2. The monoisotopic (exact) mass is 242 g/mol. The first kappa shape index (κ1) is 11.4. The summed E-state index contributed by atoms with van der Waals surface area (Å²) in [5.74, 6) is 0.568. The fourth-order valence-corrected chi connectivity index (χ4v) is 2.78. The molecule has 94 valence electrons. The lowest BCUT2D eigenvalue weighted by molar-refractivity contribution is 0.562. The SMILES string of the molecule is NCCC1CN(Cc2ccoc2)c2ccccc21. The van der Waals surface area contributed by atoms with Gasteiger partial charge in [0.1, 0.15) is 0 Å². The smallest absolute Gasteiger partial charge is 0.0952 e. The Hall–Kier alpha value is -1.74. The van der Waals surface area contributed by atoms with Crippen molar-refractivity contribution in [2.24, 2.45) is 5.73 Å². The van der Waals surface area contributed by atoms with Crippen LogP contribution in [0.2, 0.25) is 0 Å². The Bertz CT molecular complexity index is 507. The molecule has 0 aliphatic carbocycles. The van der Waals surface area contributed by atoms with Crippen LogP contribution in [-0.4, -0.2) is 13.1 Å². The molecule has 1 aromatic heterocycles. The van der Waals surface area contributed by atoms with Gasteiger partial charge in [-0.1, -0.05) is 18.2 Å². The molecule has 0 saturated heterocycles. The van der Waals surface area contributed by atoms with E-state index in [4.69, 9.17) is 10.2 Å². The van der Waals surface area contributed by atoms with Crippen LogP contribution in [-0.2, 0) is 6.54 Å². The van der Waals surface area contributed by atoms with E-state index in [1.807, 2.05) is 12.3 Å². The Morgan fingerprint density at radius 1 is 1.28 bits per heavy atom. The first-order valence-corrected chi connectivity index (χ1v) is 6.43. The van der Waals surface area contributed by atoms with E-state index in [2.05, 4.69) is 29.2 Å². The molecule has 1 aromatic carbocycles. The van der Waals surface area contributed by atoms with Crippen LogP contribution in [0.4, 0.5) is 5.69 Å². The molecule has 1 aliphatic rings. The van der Waals surface area contributed by atoms with Gasteiger partial charge in [0.25, 0.3) is 0 Å². The summed E-state index contributed by atoms with van der Waals surface area (Å²) in [7, 11) is 0. The summed E-state index contributed by atoms with van der Waals surface area (Å²) in [4.78, 5) is 2.42. The van der Waals surface area contributed by atoms with E-state index in [1.165, 1.54) is 16.8 Å². The van der Waals surface area contributed by atoms with Crippen molar-refractivity contribution >= 4 is 5.69 Å². The van der Waals surface area contributed by atoms with Crippen LogP contribution < -0.4 is 10.6 Å². The lowest BCUT2D eigenvalue weighted by Crippen LogP contribution is -2.21. The highest BCUT2D eigenvalue weighted by Crippen LogP contribution is 2.38. The highest BCUT2D eigenvalue weighted by molar-refractivity contribution is 5.60. The summed E-state index contributed by atoms with van der Waals surface area (Å²) in [6.45, 7) is 2.72. The van der Waals surface area contributed by atoms with Crippen molar-refractivity contribution < 1.29 is 4.42 Å². The number of anilines is 1. The Kier molecular flexibility index (Phi) is 3.07. The van der Waals surface area contributed by atoms with Crippen molar-refractivity contribution in [2.45, 2.75) is 18.9 Å². The Balaban J connectivity index is 1.85. The average Bonchev–Trinajstić information content (AvgIpc) is 3.00. The quantitative estimate of drug-likeness (QED) is 0.896. The molecule has 2 heterocycles. The summed E-state index contributed by atoms with van der Waals surface area (Å²) in [5.41, 5.74) is 9.72. The number of nitrogens with zero attached hydrogens (tertiary/aromatic N) is 1. The number of nitrogens with two attached hydrogens (primary N) is 1. The molecule has 3 nitrogen and oxygen atoms in total. The zero-order valence-corrected chi connectivity index (χ0v) is 10.4. The fraction of sp³-hybridized carbons (Fsp3) is 0.333. The number of benzene rings is 1. The van der Waals surface area contributed by atoms with Crippen LogP contribution in [0.1, 0.15) is 23.5 Å². The minimum atomic E-state index is 0.568. The van der Waals surface area contributed by atoms with Crippen molar-refractivity contribution in [1.29, 1.82) is 0 Å². The lowest BCUT2D eigenvalue weighted by atomic mass is 9.98. The third-order valence-corrected chi connectivity index (χ3v) is 3.63. The van der Waals surface area contributed by atoms with E-state index in [-0.39, 0.29) is 0 Å². The predicted octanol–water partition coefficient (Wildman–Crippen LogP) is 2.73. The molecule has 1 aliphatic heterocycles. The van der Waals surface area contributed by atoms with Gasteiger partial charge >= 0.3 is 0 Å². The lowest BCUT2D eigenvalue weighted by Gasteiger charge is -2.18. The van der Waals surface area contributed by atoms with E-state index in [0.29, 0.717) is 5.92 Å². The molecule has 0 amide bonds. The van der Waals surface area contributed by atoms with Gasteiger partial charge in [0, 0.05) is 30.3 Å². The van der Waals surface area contributed by atoms with Crippen molar-refractivity contribution in [3.05, 3.63) is 54.0 Å². The van der Waals surface area contributed by atoms with Crippen molar-refractivity contribution in [1.82, 2.24) is 0 Å². The van der Waals surface area contributed by atoms with Gasteiger partial charge in [0.2, 0.25) is 0 Å². The molecule has 0 radical (unpaired) electrons. The molecular weight excluding hydrogens is 224 g/mol. The normalized spacial score (nSPS) is 18.1. The topological polar surface area (TPSA) is 42.4 Å². The number of fused-ring (bicyclic) bond motifs is 1. The third-order valence-electron chi connectivity index (χ3n) is 3.63. The fourth-order valence-electron chi connectivity index (χ4n) is 2.78. The largest absolute Gasteiger partial charge is 0.472 e. The molecule has 2 N–H and O–H groups in total. The summed E-state index contributed by atoms with van der Waals surface area (Å²) in [6.07, 6.45) is 4.60. The summed E-state index contributed by atoms with van der Waals surface area (Å²) >= 11 is 0. The second kappa shape index (κ2) is 4.86. The van der Waals surface area contributed by atoms with Crippen molar-refractivity contribution in [3.8, 4) is 0 Å². The average molecular weight is 242 g/mol. The number of furan rings is 1. The summed E-state index contributed by atoms with van der Waals surface area (Å²) < 4.78 is 5.14. The first-order chi connectivity index (χ1) is 8.88. The van der Waals surface area contributed by atoms with Crippen LogP contribution in [0, 0.1) is 0 Å². The molecular formula is C15H18N2O. The second-order valence-electron chi connectivity index (χ2n) is 4.85. The molecule has 0 saturated carbocycles. The van der Waals surface area contributed by atoms with Crippen LogP contribution in [0.15, 0.2) is 47.3 Å². The second-order valence-corrected chi connectivity index (χ2v) is 4.85. The van der Waals surface area contributed by atoms with Gasteiger partial charge in [-0.3, -0.25) is 0 Å². The summed E-state index contributed by atoms with van der Waals surface area (Å²) in [6, 6.07) is 10.7.